The molecule has 0 bridgehead atoms. The van der Waals surface area contributed by atoms with Gasteiger partial charge >= 0.3 is 0 Å². The van der Waals surface area contributed by atoms with Gasteiger partial charge in [0.05, 0.1) is 16.1 Å². The SMILES string of the molecule is Nc1ncc(CN2CCc3nc(-c4cccs4)[nH]c(=O)c3C2)s1. The summed E-state index contributed by atoms with van der Waals surface area (Å²) in [6.45, 7) is 2.26. The Kier molecular flexibility index (Phi) is 3.72. The number of nitrogen functional groups attached to an aromatic ring is 1. The van der Waals surface area contributed by atoms with E-state index in [4.69, 9.17) is 5.73 Å². The molecule has 0 aliphatic carbocycles. The maximum absolute atomic E-state index is 12.4. The van der Waals surface area contributed by atoms with Crippen LogP contribution in [0.1, 0.15) is 16.1 Å². The first-order valence-electron chi connectivity index (χ1n) is 7.27. The van der Waals surface area contributed by atoms with Gasteiger partial charge in [-0.05, 0) is 11.4 Å². The Morgan fingerprint density at radius 1 is 1.43 bits per heavy atom. The van der Waals surface area contributed by atoms with Gasteiger partial charge < -0.3 is 10.7 Å². The van der Waals surface area contributed by atoms with Crippen molar-refractivity contribution in [2.24, 2.45) is 0 Å². The fourth-order valence-corrected chi connectivity index (χ4v) is 4.16. The molecule has 0 aromatic carbocycles. The highest BCUT2D eigenvalue weighted by Gasteiger charge is 2.22. The molecule has 0 amide bonds. The molecule has 3 aromatic heterocycles. The van der Waals surface area contributed by atoms with Crippen LogP contribution in [0.25, 0.3) is 10.7 Å². The van der Waals surface area contributed by atoms with Gasteiger partial charge in [-0.2, -0.15) is 0 Å². The fourth-order valence-electron chi connectivity index (χ4n) is 2.76. The smallest absolute Gasteiger partial charge is 0.255 e. The summed E-state index contributed by atoms with van der Waals surface area (Å²) >= 11 is 3.07. The quantitative estimate of drug-likeness (QED) is 0.759. The van der Waals surface area contributed by atoms with Gasteiger partial charge in [-0.3, -0.25) is 9.69 Å². The highest BCUT2D eigenvalue weighted by atomic mass is 32.1. The molecule has 8 heteroatoms. The van der Waals surface area contributed by atoms with Crippen LogP contribution in [-0.2, 0) is 19.5 Å². The Labute approximate surface area is 140 Å². The van der Waals surface area contributed by atoms with Crippen molar-refractivity contribution < 1.29 is 0 Å². The van der Waals surface area contributed by atoms with Crippen LogP contribution in [0.3, 0.4) is 0 Å². The summed E-state index contributed by atoms with van der Waals surface area (Å²) in [7, 11) is 0. The average Bonchev–Trinajstić information content (AvgIpc) is 3.20. The third-order valence-electron chi connectivity index (χ3n) is 3.85. The summed E-state index contributed by atoms with van der Waals surface area (Å²) in [5.74, 6) is 0.674. The second-order valence-corrected chi connectivity index (χ2v) is 7.54. The van der Waals surface area contributed by atoms with Crippen molar-refractivity contribution >= 4 is 27.8 Å². The number of aromatic amines is 1. The molecule has 4 heterocycles. The molecule has 1 aliphatic rings. The van der Waals surface area contributed by atoms with Gasteiger partial charge in [-0.15, -0.1) is 22.7 Å². The lowest BCUT2D eigenvalue weighted by atomic mass is 10.1. The summed E-state index contributed by atoms with van der Waals surface area (Å²) < 4.78 is 0. The number of thiazole rings is 1. The number of aromatic nitrogens is 3. The van der Waals surface area contributed by atoms with E-state index in [-0.39, 0.29) is 5.56 Å². The number of thiophene rings is 1. The number of nitrogens with one attached hydrogen (secondary N) is 1. The van der Waals surface area contributed by atoms with Gasteiger partial charge in [-0.25, -0.2) is 9.97 Å². The van der Waals surface area contributed by atoms with Crippen LogP contribution < -0.4 is 11.3 Å². The van der Waals surface area contributed by atoms with Crippen LogP contribution in [0.5, 0.6) is 0 Å². The van der Waals surface area contributed by atoms with E-state index in [1.54, 1.807) is 17.5 Å². The molecule has 3 N–H and O–H groups in total. The molecule has 0 saturated carbocycles. The Morgan fingerprint density at radius 3 is 3.09 bits per heavy atom. The molecule has 23 heavy (non-hydrogen) atoms. The lowest BCUT2D eigenvalue weighted by Crippen LogP contribution is -2.35. The molecule has 0 atom stereocenters. The third kappa shape index (κ3) is 2.92. The fraction of sp³-hybridized carbons (Fsp3) is 0.267. The lowest BCUT2D eigenvalue weighted by molar-refractivity contribution is 0.244. The van der Waals surface area contributed by atoms with Crippen LogP contribution in [-0.4, -0.2) is 26.4 Å². The second-order valence-electron chi connectivity index (χ2n) is 5.44. The molecule has 118 valence electrons. The molecule has 0 fully saturated rings. The standard InChI is InChI=1S/C15H15N5OS2/c16-15-17-6-9(23-15)7-20-4-3-11-10(8-20)14(21)19-13(18-11)12-2-1-5-22-12/h1-2,5-6H,3-4,7-8H2,(H2,16,17)(H,18,19,21). The van der Waals surface area contributed by atoms with Crippen LogP contribution >= 0.6 is 22.7 Å². The predicted molar refractivity (Wildman–Crippen MR) is 92.5 cm³/mol. The Bertz CT molecular complexity index is 884. The summed E-state index contributed by atoms with van der Waals surface area (Å²) in [6.07, 6.45) is 2.59. The first kappa shape index (κ1) is 14.6. The maximum atomic E-state index is 12.4. The molecule has 1 aliphatic heterocycles. The van der Waals surface area contributed by atoms with E-state index in [2.05, 4.69) is 19.9 Å². The van der Waals surface area contributed by atoms with Gasteiger partial charge in [-0.1, -0.05) is 6.07 Å². The van der Waals surface area contributed by atoms with E-state index >= 15 is 0 Å². The van der Waals surface area contributed by atoms with Gasteiger partial charge in [0.15, 0.2) is 11.0 Å². The average molecular weight is 345 g/mol. The molecule has 0 spiro atoms. The van der Waals surface area contributed by atoms with Gasteiger partial charge in [0.1, 0.15) is 0 Å². The summed E-state index contributed by atoms with van der Waals surface area (Å²) in [4.78, 5) is 28.4. The molecule has 0 unspecified atom stereocenters. The summed E-state index contributed by atoms with van der Waals surface area (Å²) in [6, 6.07) is 3.93. The van der Waals surface area contributed by atoms with Crippen LogP contribution in [0, 0.1) is 0 Å². The zero-order valence-corrected chi connectivity index (χ0v) is 13.9. The molecule has 3 aromatic rings. The van der Waals surface area contributed by atoms with Crippen LogP contribution in [0.2, 0.25) is 0 Å². The van der Waals surface area contributed by atoms with E-state index in [1.807, 2.05) is 17.5 Å². The van der Waals surface area contributed by atoms with Gasteiger partial charge in [0.25, 0.3) is 5.56 Å². The Morgan fingerprint density at radius 2 is 2.35 bits per heavy atom. The minimum Gasteiger partial charge on any atom is -0.375 e. The van der Waals surface area contributed by atoms with E-state index < -0.39 is 0 Å². The van der Waals surface area contributed by atoms with E-state index in [0.717, 1.165) is 40.5 Å². The Balaban J connectivity index is 1.59. The monoisotopic (exact) mass is 345 g/mol. The third-order valence-corrected chi connectivity index (χ3v) is 5.54. The number of fused-ring (bicyclic) bond motifs is 1. The molecule has 6 nitrogen and oxygen atoms in total. The predicted octanol–water partition coefficient (Wildman–Crippen LogP) is 2.10. The van der Waals surface area contributed by atoms with Crippen molar-refractivity contribution in [3.63, 3.8) is 0 Å². The van der Waals surface area contributed by atoms with Crippen molar-refractivity contribution in [2.75, 3.05) is 12.3 Å². The van der Waals surface area contributed by atoms with E-state index in [0.29, 0.717) is 17.5 Å². The van der Waals surface area contributed by atoms with E-state index in [9.17, 15) is 4.79 Å². The first-order valence-corrected chi connectivity index (χ1v) is 8.97. The topological polar surface area (TPSA) is 87.9 Å². The lowest BCUT2D eigenvalue weighted by Gasteiger charge is -2.27. The number of nitrogens with two attached hydrogens (primary N) is 1. The van der Waals surface area contributed by atoms with Gasteiger partial charge in [0, 0.05) is 37.1 Å². The second kappa shape index (κ2) is 5.88. The largest absolute Gasteiger partial charge is 0.375 e. The zero-order chi connectivity index (χ0) is 15.8. The molecule has 0 saturated heterocycles. The molecular formula is C15H15N5OS2. The highest BCUT2D eigenvalue weighted by Crippen LogP contribution is 2.24. The summed E-state index contributed by atoms with van der Waals surface area (Å²) in [5, 5.41) is 2.56. The number of anilines is 1. The zero-order valence-electron chi connectivity index (χ0n) is 12.3. The number of hydrogen-bond donors (Lipinski definition) is 2. The molecule has 4 rings (SSSR count). The van der Waals surface area contributed by atoms with Crippen molar-refractivity contribution in [1.82, 2.24) is 19.9 Å². The van der Waals surface area contributed by atoms with Gasteiger partial charge in [0.2, 0.25) is 0 Å². The highest BCUT2D eigenvalue weighted by molar-refractivity contribution is 7.15. The van der Waals surface area contributed by atoms with E-state index in [1.165, 1.54) is 11.3 Å². The van der Waals surface area contributed by atoms with Crippen molar-refractivity contribution in [3.05, 3.63) is 50.2 Å². The van der Waals surface area contributed by atoms with Crippen LogP contribution in [0.4, 0.5) is 5.13 Å². The Hall–Kier alpha value is -2.03. The van der Waals surface area contributed by atoms with Crippen LogP contribution in [0.15, 0.2) is 28.5 Å². The van der Waals surface area contributed by atoms with Crippen molar-refractivity contribution in [1.29, 1.82) is 0 Å². The van der Waals surface area contributed by atoms with Crippen molar-refractivity contribution in [3.8, 4) is 10.7 Å². The minimum atomic E-state index is -0.0353. The number of rotatable bonds is 3. The summed E-state index contributed by atoms with van der Waals surface area (Å²) in [5.41, 5.74) is 7.32. The first-order chi connectivity index (χ1) is 11.2. The minimum absolute atomic E-state index is 0.0353. The molecular weight excluding hydrogens is 330 g/mol. The normalized spacial score (nSPS) is 14.8. The number of H-pyrrole nitrogens is 1. The van der Waals surface area contributed by atoms with Crippen molar-refractivity contribution in [2.45, 2.75) is 19.5 Å². The number of hydrogen-bond acceptors (Lipinski definition) is 7. The maximum Gasteiger partial charge on any atom is 0.255 e. The molecule has 0 radical (unpaired) electrons. The number of nitrogens with zero attached hydrogens (tertiary/aromatic N) is 3.